The molecule has 102 valence electrons. The largest absolute Gasteiger partial charge is 0.276 e. The first kappa shape index (κ1) is 14.0. The molecule has 0 saturated carbocycles. The van der Waals surface area contributed by atoms with E-state index in [0.29, 0.717) is 15.9 Å². The number of sulfonamides is 1. The second-order valence-corrected chi connectivity index (χ2v) is 6.55. The molecule has 0 fully saturated rings. The Morgan fingerprint density at radius 1 is 1.42 bits per heavy atom. The lowest BCUT2D eigenvalue weighted by Gasteiger charge is -2.07. The van der Waals surface area contributed by atoms with Gasteiger partial charge >= 0.3 is 0 Å². The van der Waals surface area contributed by atoms with E-state index in [-0.39, 0.29) is 0 Å². The number of hydrogen-bond acceptors (Lipinski definition) is 3. The molecule has 0 aliphatic heterocycles. The van der Waals surface area contributed by atoms with Crippen LogP contribution in [0.5, 0.6) is 0 Å². The van der Waals surface area contributed by atoms with Gasteiger partial charge in [0.25, 0.3) is 10.0 Å². The monoisotopic (exact) mass is 347 g/mol. The van der Waals surface area contributed by atoms with E-state index in [1.54, 1.807) is 14.0 Å². The maximum Gasteiger partial charge on any atom is 0.264 e. The summed E-state index contributed by atoms with van der Waals surface area (Å²) in [6.45, 7) is 1.66. The van der Waals surface area contributed by atoms with E-state index in [9.17, 15) is 12.8 Å². The topological polar surface area (TPSA) is 64.0 Å². The summed E-state index contributed by atoms with van der Waals surface area (Å²) in [4.78, 5) is -0.404. The molecule has 0 amide bonds. The van der Waals surface area contributed by atoms with Crippen LogP contribution in [0.15, 0.2) is 33.8 Å². The molecule has 0 bridgehead atoms. The zero-order valence-corrected chi connectivity index (χ0v) is 12.6. The Bertz CT molecular complexity index is 728. The van der Waals surface area contributed by atoms with Gasteiger partial charge in [0.15, 0.2) is 0 Å². The summed E-state index contributed by atoms with van der Waals surface area (Å²) in [5, 5.41) is 4.01. The van der Waals surface area contributed by atoms with E-state index in [2.05, 4.69) is 25.8 Å². The van der Waals surface area contributed by atoms with Crippen LogP contribution < -0.4 is 4.72 Å². The summed E-state index contributed by atoms with van der Waals surface area (Å²) < 4.78 is 42.1. The number of nitrogens with one attached hydrogen (secondary N) is 1. The summed E-state index contributed by atoms with van der Waals surface area (Å²) >= 11 is 3.08. The van der Waals surface area contributed by atoms with Crippen molar-refractivity contribution in [3.63, 3.8) is 0 Å². The number of benzene rings is 1. The normalized spacial score (nSPS) is 11.6. The molecule has 1 N–H and O–H groups in total. The molecule has 19 heavy (non-hydrogen) atoms. The van der Waals surface area contributed by atoms with Gasteiger partial charge in [-0.15, -0.1) is 0 Å². The predicted molar refractivity (Wildman–Crippen MR) is 72.9 cm³/mol. The van der Waals surface area contributed by atoms with E-state index in [0.717, 1.165) is 6.07 Å². The van der Waals surface area contributed by atoms with E-state index < -0.39 is 20.7 Å². The summed E-state index contributed by atoms with van der Waals surface area (Å²) in [5.41, 5.74) is 0.841. The Hall–Kier alpha value is -1.41. The smallest absolute Gasteiger partial charge is 0.264 e. The zero-order chi connectivity index (χ0) is 14.2. The second kappa shape index (κ2) is 4.93. The van der Waals surface area contributed by atoms with Crippen molar-refractivity contribution in [2.75, 3.05) is 4.72 Å². The Morgan fingerprint density at radius 2 is 2.11 bits per heavy atom. The van der Waals surface area contributed by atoms with Crippen molar-refractivity contribution in [1.29, 1.82) is 0 Å². The second-order valence-electron chi connectivity index (χ2n) is 3.98. The molecule has 0 unspecified atom stereocenters. The average Bonchev–Trinajstić information content (AvgIpc) is 2.55. The van der Waals surface area contributed by atoms with Crippen LogP contribution in [0.4, 0.5) is 10.1 Å². The number of anilines is 1. The highest BCUT2D eigenvalue weighted by atomic mass is 79.9. The number of halogens is 2. The minimum atomic E-state index is -3.97. The molecule has 8 heteroatoms. The average molecular weight is 348 g/mol. The molecule has 5 nitrogen and oxygen atoms in total. The highest BCUT2D eigenvalue weighted by Crippen LogP contribution is 2.23. The number of aryl methyl sites for hydroxylation is 2. The highest BCUT2D eigenvalue weighted by Gasteiger charge is 2.20. The van der Waals surface area contributed by atoms with E-state index in [1.165, 1.54) is 23.0 Å². The molecule has 1 heterocycles. The maximum atomic E-state index is 13.7. The van der Waals surface area contributed by atoms with Crippen molar-refractivity contribution >= 4 is 31.6 Å². The third-order valence-electron chi connectivity index (χ3n) is 2.44. The van der Waals surface area contributed by atoms with Gasteiger partial charge in [-0.25, -0.2) is 12.8 Å². The summed E-state index contributed by atoms with van der Waals surface area (Å²) in [6.07, 6.45) is 1.52. The van der Waals surface area contributed by atoms with Gasteiger partial charge in [0.05, 0.1) is 11.4 Å². The zero-order valence-electron chi connectivity index (χ0n) is 10.2. The Kier molecular flexibility index (Phi) is 3.64. The van der Waals surface area contributed by atoms with Crippen LogP contribution in [0.25, 0.3) is 0 Å². The SMILES string of the molecule is Cc1nn(C)cc1NS(=O)(=O)c1ccc(Br)cc1F. The van der Waals surface area contributed by atoms with Crippen molar-refractivity contribution in [3.05, 3.63) is 40.4 Å². The van der Waals surface area contributed by atoms with Crippen LogP contribution in [0, 0.1) is 12.7 Å². The number of nitrogens with zero attached hydrogens (tertiary/aromatic N) is 2. The molecule has 0 spiro atoms. The summed E-state index contributed by atoms with van der Waals surface area (Å²) in [7, 11) is -2.30. The molecule has 0 atom stereocenters. The molecule has 1 aromatic heterocycles. The molecule has 0 radical (unpaired) electrons. The van der Waals surface area contributed by atoms with Gasteiger partial charge in [-0.2, -0.15) is 5.10 Å². The van der Waals surface area contributed by atoms with Crippen LogP contribution in [0.3, 0.4) is 0 Å². The summed E-state index contributed by atoms with van der Waals surface area (Å²) in [5.74, 6) is -0.816. The van der Waals surface area contributed by atoms with Gasteiger partial charge in [-0.05, 0) is 25.1 Å². The van der Waals surface area contributed by atoms with Crippen molar-refractivity contribution in [2.24, 2.45) is 7.05 Å². The predicted octanol–water partition coefficient (Wildman–Crippen LogP) is 2.43. The fourth-order valence-corrected chi connectivity index (χ4v) is 3.09. The molecule has 0 aliphatic carbocycles. The standard InChI is InChI=1S/C11H11BrFN3O2S/c1-7-10(6-16(2)14-7)15-19(17,18)11-4-3-8(12)5-9(11)13/h3-6,15H,1-2H3. The van der Waals surface area contributed by atoms with E-state index in [4.69, 9.17) is 0 Å². The van der Waals surface area contributed by atoms with Crippen LogP contribution >= 0.6 is 15.9 Å². The number of hydrogen-bond donors (Lipinski definition) is 1. The Labute approximate surface area is 118 Å². The number of aromatic nitrogens is 2. The van der Waals surface area contributed by atoms with Gasteiger partial charge < -0.3 is 0 Å². The molecule has 0 saturated heterocycles. The van der Waals surface area contributed by atoms with Crippen LogP contribution in [0.1, 0.15) is 5.69 Å². The molecular formula is C11H11BrFN3O2S. The quantitative estimate of drug-likeness (QED) is 0.927. The first-order chi connectivity index (χ1) is 8.79. The highest BCUT2D eigenvalue weighted by molar-refractivity contribution is 9.10. The van der Waals surface area contributed by atoms with Crippen molar-refractivity contribution in [2.45, 2.75) is 11.8 Å². The first-order valence-corrected chi connectivity index (χ1v) is 7.55. The summed E-state index contributed by atoms with van der Waals surface area (Å²) in [6, 6.07) is 3.77. The minimum absolute atomic E-state index is 0.324. The van der Waals surface area contributed by atoms with E-state index in [1.807, 2.05) is 0 Å². The van der Waals surface area contributed by atoms with Crippen molar-refractivity contribution < 1.29 is 12.8 Å². The van der Waals surface area contributed by atoms with Gasteiger partial charge in [-0.1, -0.05) is 15.9 Å². The van der Waals surface area contributed by atoms with Crippen LogP contribution in [0.2, 0.25) is 0 Å². The third kappa shape index (κ3) is 2.95. The molecule has 2 rings (SSSR count). The van der Waals surface area contributed by atoms with Crippen LogP contribution in [-0.2, 0) is 17.1 Å². The first-order valence-electron chi connectivity index (χ1n) is 5.28. The molecule has 0 aliphatic rings. The van der Waals surface area contributed by atoms with E-state index >= 15 is 0 Å². The van der Waals surface area contributed by atoms with Crippen molar-refractivity contribution in [3.8, 4) is 0 Å². The van der Waals surface area contributed by atoms with Gasteiger partial charge in [0, 0.05) is 17.7 Å². The lowest BCUT2D eigenvalue weighted by Crippen LogP contribution is -2.14. The van der Waals surface area contributed by atoms with Crippen LogP contribution in [-0.4, -0.2) is 18.2 Å². The third-order valence-corrected chi connectivity index (χ3v) is 4.33. The maximum absolute atomic E-state index is 13.7. The lowest BCUT2D eigenvalue weighted by atomic mass is 10.3. The molecule has 2 aromatic rings. The lowest BCUT2D eigenvalue weighted by molar-refractivity contribution is 0.570. The Balaban J connectivity index is 2.40. The van der Waals surface area contributed by atoms with Gasteiger partial charge in [-0.3, -0.25) is 9.40 Å². The molecular weight excluding hydrogens is 337 g/mol. The Morgan fingerprint density at radius 3 is 2.63 bits per heavy atom. The van der Waals surface area contributed by atoms with Gasteiger partial charge in [0.1, 0.15) is 10.7 Å². The minimum Gasteiger partial charge on any atom is -0.276 e. The molecule has 1 aromatic carbocycles. The fourth-order valence-electron chi connectivity index (χ4n) is 1.59. The van der Waals surface area contributed by atoms with Gasteiger partial charge in [0.2, 0.25) is 0 Å². The fraction of sp³-hybridized carbons (Fsp3) is 0.182. The van der Waals surface area contributed by atoms with Crippen molar-refractivity contribution in [1.82, 2.24) is 9.78 Å². The number of rotatable bonds is 3.